The van der Waals surface area contributed by atoms with E-state index in [1.54, 1.807) is 12.1 Å². The Morgan fingerprint density at radius 3 is 2.26 bits per heavy atom. The molecule has 1 fully saturated rings. The maximum absolute atomic E-state index is 12.6. The van der Waals surface area contributed by atoms with Gasteiger partial charge < -0.3 is 24.8 Å². The molecule has 0 unspecified atom stereocenters. The summed E-state index contributed by atoms with van der Waals surface area (Å²) in [5.74, 6) is 0.318. The van der Waals surface area contributed by atoms with Crippen LogP contribution in [0.2, 0.25) is 0 Å². The summed E-state index contributed by atoms with van der Waals surface area (Å²) in [5, 5.41) is 5.28. The lowest BCUT2D eigenvalue weighted by Crippen LogP contribution is -2.34. The van der Waals surface area contributed by atoms with Gasteiger partial charge in [0.2, 0.25) is 11.7 Å². The molecule has 2 N–H and O–H groups in total. The van der Waals surface area contributed by atoms with E-state index in [1.807, 2.05) is 30.3 Å². The van der Waals surface area contributed by atoms with Crippen molar-refractivity contribution in [2.45, 2.75) is 18.9 Å². The second kappa shape index (κ2) is 9.84. The van der Waals surface area contributed by atoms with Crippen LogP contribution in [0.5, 0.6) is 17.2 Å². The molecule has 1 aliphatic rings. The van der Waals surface area contributed by atoms with Crippen LogP contribution in [0, 0.1) is 0 Å². The third-order valence-corrected chi connectivity index (χ3v) is 4.91. The molecule has 9 nitrogen and oxygen atoms in total. The number of hydrogen-bond donors (Lipinski definition) is 2. The van der Waals surface area contributed by atoms with Gasteiger partial charge in [-0.05, 0) is 12.0 Å². The lowest BCUT2D eigenvalue weighted by molar-refractivity contribution is -0.129. The fourth-order valence-electron chi connectivity index (χ4n) is 3.36. The van der Waals surface area contributed by atoms with Gasteiger partial charge in [0.15, 0.2) is 11.5 Å². The van der Waals surface area contributed by atoms with Crippen LogP contribution in [0.3, 0.4) is 0 Å². The maximum Gasteiger partial charge on any atom is 0.324 e. The maximum atomic E-state index is 12.6. The number of urea groups is 1. The van der Waals surface area contributed by atoms with Crippen molar-refractivity contribution < 1.29 is 28.6 Å². The minimum Gasteiger partial charge on any atom is -0.493 e. The van der Waals surface area contributed by atoms with Crippen LogP contribution < -0.4 is 24.8 Å². The van der Waals surface area contributed by atoms with Crippen LogP contribution in [-0.2, 0) is 16.0 Å². The molecule has 1 heterocycles. The molecule has 1 atom stereocenters. The number of ether oxygens (including phenoxy) is 3. The average Bonchev–Trinajstić information content (AvgIpc) is 3.04. The first-order valence-electron chi connectivity index (χ1n) is 9.72. The number of benzene rings is 2. The van der Waals surface area contributed by atoms with Gasteiger partial charge in [0.1, 0.15) is 6.04 Å². The van der Waals surface area contributed by atoms with Crippen molar-refractivity contribution in [1.29, 1.82) is 0 Å². The first-order chi connectivity index (χ1) is 15.0. The van der Waals surface area contributed by atoms with Gasteiger partial charge in [-0.2, -0.15) is 0 Å². The minimum atomic E-state index is -0.912. The van der Waals surface area contributed by atoms with Crippen LogP contribution in [0.15, 0.2) is 42.5 Å². The molecule has 2 aromatic rings. The van der Waals surface area contributed by atoms with Gasteiger partial charge in [0.25, 0.3) is 5.91 Å². The van der Waals surface area contributed by atoms with E-state index in [0.29, 0.717) is 29.4 Å². The van der Waals surface area contributed by atoms with Gasteiger partial charge in [-0.15, -0.1) is 0 Å². The van der Waals surface area contributed by atoms with Crippen molar-refractivity contribution in [3.63, 3.8) is 0 Å². The zero-order valence-corrected chi connectivity index (χ0v) is 17.6. The molecule has 4 amide bonds. The second-order valence-corrected chi connectivity index (χ2v) is 6.89. The van der Waals surface area contributed by atoms with E-state index < -0.39 is 23.9 Å². The highest BCUT2D eigenvalue weighted by Crippen LogP contribution is 2.39. The SMILES string of the molecule is COc1cc(NC(=O)C[C@H]2NC(=O)N(CCc3ccccc3)C2=O)cc(OC)c1OC. The number of hydrogen-bond acceptors (Lipinski definition) is 6. The van der Waals surface area contributed by atoms with E-state index in [9.17, 15) is 14.4 Å². The van der Waals surface area contributed by atoms with Crippen LogP contribution in [0.1, 0.15) is 12.0 Å². The number of carbonyl (C=O) groups is 3. The third kappa shape index (κ3) is 5.06. The fraction of sp³-hybridized carbons (Fsp3) is 0.318. The predicted molar refractivity (Wildman–Crippen MR) is 114 cm³/mol. The number of carbonyl (C=O) groups excluding carboxylic acids is 3. The predicted octanol–water partition coefficient (Wildman–Crippen LogP) is 2.20. The van der Waals surface area contributed by atoms with Crippen LogP contribution in [0.4, 0.5) is 10.5 Å². The van der Waals surface area contributed by atoms with E-state index in [2.05, 4.69) is 10.6 Å². The minimum absolute atomic E-state index is 0.191. The van der Waals surface area contributed by atoms with Gasteiger partial charge in [0, 0.05) is 24.4 Å². The largest absolute Gasteiger partial charge is 0.493 e. The van der Waals surface area contributed by atoms with Crippen molar-refractivity contribution in [3.05, 3.63) is 48.0 Å². The van der Waals surface area contributed by atoms with Crippen molar-refractivity contribution in [1.82, 2.24) is 10.2 Å². The molecule has 0 spiro atoms. The van der Waals surface area contributed by atoms with Gasteiger partial charge in [-0.3, -0.25) is 14.5 Å². The Balaban J connectivity index is 1.62. The standard InChI is InChI=1S/C22H25N3O6/c1-29-17-11-15(12-18(30-2)20(17)31-3)23-19(26)13-16-21(27)25(22(28)24-16)10-9-14-7-5-4-6-8-14/h4-8,11-12,16H,9-10,13H2,1-3H3,(H,23,26)(H,24,28)/t16-/m1/s1. The number of anilines is 1. The zero-order chi connectivity index (χ0) is 22.4. The highest BCUT2D eigenvalue weighted by atomic mass is 16.5. The Labute approximate surface area is 180 Å². The highest BCUT2D eigenvalue weighted by molar-refractivity contribution is 6.07. The number of imide groups is 1. The summed E-state index contributed by atoms with van der Waals surface area (Å²) >= 11 is 0. The Bertz CT molecular complexity index is 938. The zero-order valence-electron chi connectivity index (χ0n) is 17.6. The van der Waals surface area contributed by atoms with Gasteiger partial charge in [0.05, 0.1) is 27.8 Å². The fourth-order valence-corrected chi connectivity index (χ4v) is 3.36. The topological polar surface area (TPSA) is 106 Å². The van der Waals surface area contributed by atoms with Crippen LogP contribution >= 0.6 is 0 Å². The molecule has 0 saturated carbocycles. The summed E-state index contributed by atoms with van der Waals surface area (Å²) in [6, 6.07) is 11.3. The first-order valence-corrected chi connectivity index (χ1v) is 9.72. The second-order valence-electron chi connectivity index (χ2n) is 6.89. The Morgan fingerprint density at radius 1 is 1.03 bits per heavy atom. The van der Waals surface area contributed by atoms with Crippen molar-refractivity contribution in [2.24, 2.45) is 0 Å². The molecule has 0 bridgehead atoms. The summed E-state index contributed by atoms with van der Waals surface area (Å²) in [6.07, 6.45) is 0.355. The molecular formula is C22H25N3O6. The number of methoxy groups -OCH3 is 3. The van der Waals surface area contributed by atoms with E-state index >= 15 is 0 Å². The Kier molecular flexibility index (Phi) is 6.96. The summed E-state index contributed by atoms with van der Waals surface area (Å²) in [4.78, 5) is 38.5. The molecule has 0 aromatic heterocycles. The summed E-state index contributed by atoms with van der Waals surface area (Å²) < 4.78 is 15.8. The Morgan fingerprint density at radius 2 is 1.68 bits per heavy atom. The molecule has 9 heteroatoms. The molecular weight excluding hydrogens is 402 g/mol. The quantitative estimate of drug-likeness (QED) is 0.595. The molecule has 3 rings (SSSR count). The van der Waals surface area contributed by atoms with E-state index in [0.717, 1.165) is 10.5 Å². The molecule has 1 aliphatic heterocycles. The molecule has 0 radical (unpaired) electrons. The summed E-state index contributed by atoms with van der Waals surface area (Å²) in [6.45, 7) is 0.250. The molecule has 0 aliphatic carbocycles. The van der Waals surface area contributed by atoms with Crippen molar-refractivity contribution >= 4 is 23.5 Å². The van der Waals surface area contributed by atoms with E-state index in [4.69, 9.17) is 14.2 Å². The van der Waals surface area contributed by atoms with Gasteiger partial charge in [-0.1, -0.05) is 30.3 Å². The molecule has 164 valence electrons. The van der Waals surface area contributed by atoms with Crippen molar-refractivity contribution in [3.8, 4) is 17.2 Å². The van der Waals surface area contributed by atoms with Crippen molar-refractivity contribution in [2.75, 3.05) is 33.2 Å². The van der Waals surface area contributed by atoms with E-state index in [1.165, 1.54) is 21.3 Å². The normalized spacial score (nSPS) is 15.5. The molecule has 31 heavy (non-hydrogen) atoms. The summed E-state index contributed by atoms with van der Waals surface area (Å²) in [7, 11) is 4.43. The average molecular weight is 427 g/mol. The smallest absolute Gasteiger partial charge is 0.324 e. The van der Waals surface area contributed by atoms with Gasteiger partial charge >= 0.3 is 6.03 Å². The van der Waals surface area contributed by atoms with Gasteiger partial charge in [-0.25, -0.2) is 4.79 Å². The number of nitrogens with one attached hydrogen (secondary N) is 2. The first kappa shape index (κ1) is 21.9. The van der Waals surface area contributed by atoms with E-state index in [-0.39, 0.29) is 13.0 Å². The highest BCUT2D eigenvalue weighted by Gasteiger charge is 2.38. The molecule has 2 aromatic carbocycles. The number of rotatable bonds is 9. The molecule has 1 saturated heterocycles. The lowest BCUT2D eigenvalue weighted by Gasteiger charge is -2.15. The number of amides is 4. The van der Waals surface area contributed by atoms with Crippen LogP contribution in [-0.4, -0.2) is 56.7 Å². The third-order valence-electron chi connectivity index (χ3n) is 4.91. The number of nitrogens with zero attached hydrogens (tertiary/aromatic N) is 1. The Hall–Kier alpha value is -3.75. The monoisotopic (exact) mass is 427 g/mol. The summed E-state index contributed by atoms with van der Waals surface area (Å²) in [5.41, 5.74) is 1.43. The lowest BCUT2D eigenvalue weighted by atomic mass is 10.1. The van der Waals surface area contributed by atoms with Crippen LogP contribution in [0.25, 0.3) is 0 Å².